The smallest absolute Gasteiger partial charge is 0.382 e. The van der Waals surface area contributed by atoms with Crippen molar-refractivity contribution in [3.05, 3.63) is 41.2 Å². The van der Waals surface area contributed by atoms with Gasteiger partial charge in [-0.25, -0.2) is 4.98 Å². The lowest BCUT2D eigenvalue weighted by atomic mass is 10.1. The van der Waals surface area contributed by atoms with Crippen molar-refractivity contribution >= 4 is 5.91 Å². The number of methoxy groups -OCH3 is 1. The number of nitriles is 1. The maximum atomic E-state index is 12.8. The number of ether oxygens (including phenoxy) is 1. The summed E-state index contributed by atoms with van der Waals surface area (Å²) in [6.07, 6.45) is 0.491. The van der Waals surface area contributed by atoms with Crippen LogP contribution in [0.2, 0.25) is 0 Å². The zero-order chi connectivity index (χ0) is 17.0. The Morgan fingerprint density at radius 3 is 2.91 bits per heavy atom. The summed E-state index contributed by atoms with van der Waals surface area (Å²) in [7, 11) is 1.50. The van der Waals surface area contributed by atoms with Gasteiger partial charge in [-0.1, -0.05) is 12.2 Å². The first-order valence-electron chi connectivity index (χ1n) is 6.82. The van der Waals surface area contributed by atoms with Crippen molar-refractivity contribution in [2.75, 3.05) is 20.3 Å². The van der Waals surface area contributed by atoms with Crippen molar-refractivity contribution in [2.45, 2.75) is 18.6 Å². The number of hydrogen-bond donors (Lipinski definition) is 0. The molecule has 1 aliphatic heterocycles. The summed E-state index contributed by atoms with van der Waals surface area (Å²) >= 11 is 0. The summed E-state index contributed by atoms with van der Waals surface area (Å²) in [5.41, 5.74) is -2.01. The van der Waals surface area contributed by atoms with Crippen molar-refractivity contribution < 1.29 is 22.7 Å². The summed E-state index contributed by atoms with van der Waals surface area (Å²) in [5.74, 6) is -0.478. The minimum Gasteiger partial charge on any atom is -0.382 e. The van der Waals surface area contributed by atoms with Crippen LogP contribution in [-0.2, 0) is 10.9 Å². The molecule has 0 N–H and O–H groups in total. The number of pyridine rings is 1. The molecule has 1 unspecified atom stereocenters. The van der Waals surface area contributed by atoms with Gasteiger partial charge in [0, 0.05) is 19.9 Å². The molecular weight excluding hydrogens is 311 g/mol. The zero-order valence-corrected chi connectivity index (χ0v) is 12.3. The molecule has 0 bridgehead atoms. The number of nitrogens with zero attached hydrogens (tertiary/aromatic N) is 3. The minimum absolute atomic E-state index is 0.0500. The van der Waals surface area contributed by atoms with Crippen molar-refractivity contribution in [3.63, 3.8) is 0 Å². The van der Waals surface area contributed by atoms with Gasteiger partial charge in [-0.3, -0.25) is 4.79 Å². The Morgan fingerprint density at radius 1 is 1.57 bits per heavy atom. The summed E-state index contributed by atoms with van der Waals surface area (Å²) in [6, 6.07) is 2.08. The molecule has 2 heterocycles. The Balaban J connectivity index is 2.33. The first-order valence-corrected chi connectivity index (χ1v) is 6.82. The quantitative estimate of drug-likeness (QED) is 0.800. The van der Waals surface area contributed by atoms with E-state index in [-0.39, 0.29) is 18.2 Å². The van der Waals surface area contributed by atoms with E-state index in [0.717, 1.165) is 12.3 Å². The van der Waals surface area contributed by atoms with Gasteiger partial charge in [0.1, 0.15) is 6.07 Å². The number of carbonyl (C=O) groups is 1. The molecule has 1 atom stereocenters. The fourth-order valence-electron chi connectivity index (χ4n) is 2.36. The highest BCUT2D eigenvalue weighted by molar-refractivity contribution is 5.94. The maximum absolute atomic E-state index is 12.8. The lowest BCUT2D eigenvalue weighted by Crippen LogP contribution is -2.44. The summed E-state index contributed by atoms with van der Waals surface area (Å²) < 4.78 is 43.3. The Hall–Kier alpha value is -2.40. The van der Waals surface area contributed by atoms with E-state index in [1.165, 1.54) is 18.1 Å². The molecule has 0 aliphatic carbocycles. The standard InChI is InChI=1S/C15H14F3N3O2/c1-23-9-12-4-2-3-5-21(12)14(22)11-6-10(7-19)13(20-8-11)15(16,17)18/h2,4,6,8,12H,3,5,9H2,1H3. The number of hydrogen-bond acceptors (Lipinski definition) is 4. The fourth-order valence-corrected chi connectivity index (χ4v) is 2.36. The first-order chi connectivity index (χ1) is 10.9. The molecule has 8 heteroatoms. The third-order valence-corrected chi connectivity index (χ3v) is 3.42. The van der Waals surface area contributed by atoms with E-state index in [9.17, 15) is 18.0 Å². The van der Waals surface area contributed by atoms with Crippen LogP contribution in [-0.4, -0.2) is 42.1 Å². The highest BCUT2D eigenvalue weighted by Crippen LogP contribution is 2.30. The largest absolute Gasteiger partial charge is 0.434 e. The molecule has 1 aliphatic rings. The van der Waals surface area contributed by atoms with Crippen molar-refractivity contribution in [3.8, 4) is 6.07 Å². The van der Waals surface area contributed by atoms with Gasteiger partial charge in [-0.05, 0) is 12.5 Å². The van der Waals surface area contributed by atoms with Crippen LogP contribution in [0, 0.1) is 11.3 Å². The van der Waals surface area contributed by atoms with Gasteiger partial charge in [0.25, 0.3) is 5.91 Å². The average molecular weight is 325 g/mol. The first kappa shape index (κ1) is 17.0. The molecule has 0 fully saturated rings. The third kappa shape index (κ3) is 3.68. The lowest BCUT2D eigenvalue weighted by molar-refractivity contribution is -0.141. The highest BCUT2D eigenvalue weighted by atomic mass is 19.4. The number of rotatable bonds is 3. The monoisotopic (exact) mass is 325 g/mol. The Kier molecular flexibility index (Phi) is 5.01. The van der Waals surface area contributed by atoms with Crippen LogP contribution in [0.5, 0.6) is 0 Å². The normalized spacial score (nSPS) is 17.9. The molecule has 5 nitrogen and oxygen atoms in total. The van der Waals surface area contributed by atoms with Crippen LogP contribution >= 0.6 is 0 Å². The van der Waals surface area contributed by atoms with E-state index in [0.29, 0.717) is 13.0 Å². The number of amides is 1. The number of halogens is 3. The van der Waals surface area contributed by atoms with Crippen molar-refractivity contribution in [1.82, 2.24) is 9.88 Å². The summed E-state index contributed by atoms with van der Waals surface area (Å²) in [4.78, 5) is 17.3. The molecule has 0 saturated heterocycles. The molecular formula is C15H14F3N3O2. The molecule has 0 spiro atoms. The predicted octanol–water partition coefficient (Wildman–Crippen LogP) is 2.39. The van der Waals surface area contributed by atoms with Gasteiger partial charge in [-0.15, -0.1) is 0 Å². The molecule has 1 amide bonds. The highest BCUT2D eigenvalue weighted by Gasteiger charge is 2.36. The lowest BCUT2D eigenvalue weighted by Gasteiger charge is -2.32. The third-order valence-electron chi connectivity index (χ3n) is 3.42. The molecule has 23 heavy (non-hydrogen) atoms. The van der Waals surface area contributed by atoms with Gasteiger partial charge >= 0.3 is 6.18 Å². The van der Waals surface area contributed by atoms with E-state index in [4.69, 9.17) is 10.00 Å². The molecule has 2 rings (SSSR count). The number of aromatic nitrogens is 1. The van der Waals surface area contributed by atoms with E-state index < -0.39 is 23.3 Å². The van der Waals surface area contributed by atoms with Crippen LogP contribution < -0.4 is 0 Å². The van der Waals surface area contributed by atoms with Crippen molar-refractivity contribution in [1.29, 1.82) is 5.26 Å². The van der Waals surface area contributed by atoms with Crippen LogP contribution in [0.1, 0.15) is 28.0 Å². The number of carbonyl (C=O) groups excluding carboxylic acids is 1. The van der Waals surface area contributed by atoms with E-state index in [1.54, 1.807) is 0 Å². The average Bonchev–Trinajstić information content (AvgIpc) is 2.53. The van der Waals surface area contributed by atoms with E-state index >= 15 is 0 Å². The topological polar surface area (TPSA) is 66.2 Å². The molecule has 122 valence electrons. The van der Waals surface area contributed by atoms with Crippen LogP contribution in [0.25, 0.3) is 0 Å². The number of alkyl halides is 3. The van der Waals surface area contributed by atoms with Crippen LogP contribution in [0.4, 0.5) is 13.2 Å². The SMILES string of the molecule is COCC1C=CCCN1C(=O)c1cnc(C(F)(F)F)c(C#N)c1. The van der Waals surface area contributed by atoms with Crippen LogP contribution in [0.3, 0.4) is 0 Å². The Morgan fingerprint density at radius 2 is 2.30 bits per heavy atom. The van der Waals surface area contributed by atoms with E-state index in [1.807, 2.05) is 12.2 Å². The fraction of sp³-hybridized carbons (Fsp3) is 0.400. The molecule has 0 aromatic carbocycles. The van der Waals surface area contributed by atoms with Crippen molar-refractivity contribution in [2.24, 2.45) is 0 Å². The Bertz CT molecular complexity index is 665. The van der Waals surface area contributed by atoms with Gasteiger partial charge in [0.15, 0.2) is 5.69 Å². The van der Waals surface area contributed by atoms with Crippen LogP contribution in [0.15, 0.2) is 24.4 Å². The van der Waals surface area contributed by atoms with E-state index in [2.05, 4.69) is 4.98 Å². The second-order valence-electron chi connectivity index (χ2n) is 4.97. The Labute approximate surface area is 131 Å². The van der Waals surface area contributed by atoms with Gasteiger partial charge < -0.3 is 9.64 Å². The predicted molar refractivity (Wildman–Crippen MR) is 74.4 cm³/mol. The summed E-state index contributed by atoms with van der Waals surface area (Å²) in [5, 5.41) is 8.89. The molecule has 0 saturated carbocycles. The maximum Gasteiger partial charge on any atom is 0.434 e. The zero-order valence-electron chi connectivity index (χ0n) is 12.3. The molecule has 1 aromatic rings. The second kappa shape index (κ2) is 6.79. The molecule has 0 radical (unpaired) electrons. The summed E-state index contributed by atoms with van der Waals surface area (Å²) in [6.45, 7) is 0.702. The van der Waals surface area contributed by atoms with Gasteiger partial charge in [0.2, 0.25) is 0 Å². The van der Waals surface area contributed by atoms with Gasteiger partial charge in [-0.2, -0.15) is 18.4 Å². The minimum atomic E-state index is -4.74. The molecule has 1 aromatic heterocycles. The van der Waals surface area contributed by atoms with Gasteiger partial charge in [0.05, 0.1) is 23.8 Å². The second-order valence-corrected chi connectivity index (χ2v) is 4.97.